The van der Waals surface area contributed by atoms with Crippen LogP contribution in [0.5, 0.6) is 0 Å². The molecule has 25 heavy (non-hydrogen) atoms. The summed E-state index contributed by atoms with van der Waals surface area (Å²) < 4.78 is 15.9. The average Bonchev–Trinajstić information content (AvgIpc) is 3.35. The fraction of sp³-hybridized carbons (Fsp3) is 0.474. The summed E-state index contributed by atoms with van der Waals surface area (Å²) >= 11 is 0. The number of carbonyl (C=O) groups is 1. The van der Waals surface area contributed by atoms with Gasteiger partial charge in [-0.05, 0) is 63.5 Å². The number of likely N-dealkylation sites (tertiary alicyclic amines) is 2. The SMILES string of the molecule is CN1CCC[C@H]1[C@@H]1CCCN1C(=O)c1ccc(-n2cccn2)c(F)c1. The molecule has 2 aliphatic rings. The van der Waals surface area contributed by atoms with Gasteiger partial charge in [-0.25, -0.2) is 9.07 Å². The van der Waals surface area contributed by atoms with E-state index >= 15 is 0 Å². The molecular weight excluding hydrogens is 319 g/mol. The maximum Gasteiger partial charge on any atom is 0.254 e. The fourth-order valence-electron chi connectivity index (χ4n) is 4.27. The van der Waals surface area contributed by atoms with Crippen LogP contribution in [0.3, 0.4) is 0 Å². The van der Waals surface area contributed by atoms with E-state index in [0.717, 1.165) is 32.4 Å². The summed E-state index contributed by atoms with van der Waals surface area (Å²) in [6.45, 7) is 1.85. The summed E-state index contributed by atoms with van der Waals surface area (Å²) in [6, 6.07) is 7.09. The molecule has 0 spiro atoms. The molecule has 2 aliphatic heterocycles. The van der Waals surface area contributed by atoms with Crippen molar-refractivity contribution in [2.24, 2.45) is 0 Å². The second kappa shape index (κ2) is 6.59. The summed E-state index contributed by atoms with van der Waals surface area (Å²) in [7, 11) is 2.14. The Morgan fingerprint density at radius 1 is 1.20 bits per heavy atom. The molecule has 5 nitrogen and oxygen atoms in total. The Hall–Kier alpha value is -2.21. The zero-order valence-electron chi connectivity index (χ0n) is 14.4. The first kappa shape index (κ1) is 16.3. The van der Waals surface area contributed by atoms with Crippen LogP contribution in [0.15, 0.2) is 36.7 Å². The van der Waals surface area contributed by atoms with Crippen LogP contribution < -0.4 is 0 Å². The first-order valence-corrected chi connectivity index (χ1v) is 8.96. The molecule has 0 bridgehead atoms. The van der Waals surface area contributed by atoms with Gasteiger partial charge in [-0.2, -0.15) is 5.10 Å². The van der Waals surface area contributed by atoms with Crippen molar-refractivity contribution in [2.75, 3.05) is 20.1 Å². The maximum absolute atomic E-state index is 14.5. The monoisotopic (exact) mass is 342 g/mol. The Bertz CT molecular complexity index is 761. The Balaban J connectivity index is 1.57. The zero-order valence-corrected chi connectivity index (χ0v) is 14.4. The normalized spacial score (nSPS) is 24.2. The number of nitrogens with zero attached hydrogens (tertiary/aromatic N) is 4. The standard InChI is InChI=1S/C19H23FN4O/c1-22-10-2-5-17(22)18-6-3-11-23(18)19(25)14-7-8-16(15(20)13-14)24-12-4-9-21-24/h4,7-9,12-13,17-18H,2-3,5-6,10-11H2,1H3/t17-,18-/m0/s1. The van der Waals surface area contributed by atoms with Gasteiger partial charge >= 0.3 is 0 Å². The molecule has 6 heteroatoms. The molecule has 0 N–H and O–H groups in total. The van der Waals surface area contributed by atoms with Crippen molar-refractivity contribution >= 4 is 5.91 Å². The lowest BCUT2D eigenvalue weighted by Gasteiger charge is -2.33. The molecule has 2 atom stereocenters. The highest BCUT2D eigenvalue weighted by molar-refractivity contribution is 5.95. The van der Waals surface area contributed by atoms with E-state index in [0.29, 0.717) is 17.3 Å². The van der Waals surface area contributed by atoms with E-state index < -0.39 is 5.82 Å². The minimum atomic E-state index is -0.428. The van der Waals surface area contributed by atoms with Crippen LogP contribution in [0.1, 0.15) is 36.0 Å². The summed E-state index contributed by atoms with van der Waals surface area (Å²) in [5.74, 6) is -0.489. The van der Waals surface area contributed by atoms with Gasteiger partial charge in [-0.3, -0.25) is 4.79 Å². The third-order valence-electron chi connectivity index (χ3n) is 5.53. The van der Waals surface area contributed by atoms with Gasteiger partial charge < -0.3 is 9.80 Å². The maximum atomic E-state index is 14.5. The highest BCUT2D eigenvalue weighted by Gasteiger charge is 2.38. The largest absolute Gasteiger partial charge is 0.334 e. The molecule has 132 valence electrons. The van der Waals surface area contributed by atoms with Crippen LogP contribution in [0.2, 0.25) is 0 Å². The average molecular weight is 342 g/mol. The Morgan fingerprint density at radius 2 is 2.00 bits per heavy atom. The van der Waals surface area contributed by atoms with Crippen molar-refractivity contribution in [1.82, 2.24) is 19.6 Å². The number of rotatable bonds is 3. The second-order valence-electron chi connectivity index (χ2n) is 7.02. The first-order valence-electron chi connectivity index (χ1n) is 8.96. The van der Waals surface area contributed by atoms with Gasteiger partial charge in [0, 0.05) is 36.6 Å². The third-order valence-corrected chi connectivity index (χ3v) is 5.53. The van der Waals surface area contributed by atoms with E-state index in [1.165, 1.54) is 17.2 Å². The van der Waals surface area contributed by atoms with Gasteiger partial charge in [0.2, 0.25) is 0 Å². The minimum absolute atomic E-state index is 0.0614. The van der Waals surface area contributed by atoms with Crippen molar-refractivity contribution < 1.29 is 9.18 Å². The van der Waals surface area contributed by atoms with E-state index in [1.807, 2.05) is 4.90 Å². The third kappa shape index (κ3) is 2.95. The number of carbonyl (C=O) groups excluding carboxylic acids is 1. The van der Waals surface area contributed by atoms with Gasteiger partial charge in [0.15, 0.2) is 0 Å². The highest BCUT2D eigenvalue weighted by Crippen LogP contribution is 2.30. The molecule has 3 heterocycles. The van der Waals surface area contributed by atoms with Crippen LogP contribution in [-0.2, 0) is 0 Å². The molecule has 0 unspecified atom stereocenters. The van der Waals surface area contributed by atoms with Gasteiger partial charge in [-0.1, -0.05) is 0 Å². The van der Waals surface area contributed by atoms with E-state index in [2.05, 4.69) is 17.0 Å². The van der Waals surface area contributed by atoms with Crippen molar-refractivity contribution in [3.8, 4) is 5.69 Å². The zero-order chi connectivity index (χ0) is 17.4. The number of hydrogen-bond acceptors (Lipinski definition) is 3. The summed E-state index contributed by atoms with van der Waals surface area (Å²) in [6.07, 6.45) is 7.67. The number of halogens is 1. The summed E-state index contributed by atoms with van der Waals surface area (Å²) in [5.41, 5.74) is 0.774. The van der Waals surface area contributed by atoms with E-state index in [-0.39, 0.29) is 11.9 Å². The van der Waals surface area contributed by atoms with E-state index in [9.17, 15) is 9.18 Å². The number of benzene rings is 1. The molecule has 2 fully saturated rings. The van der Waals surface area contributed by atoms with Crippen LogP contribution in [0.25, 0.3) is 5.69 Å². The molecular formula is C19H23FN4O. The van der Waals surface area contributed by atoms with Crippen LogP contribution in [0.4, 0.5) is 4.39 Å². The molecule has 4 rings (SSSR count). The topological polar surface area (TPSA) is 41.4 Å². The number of likely N-dealkylation sites (N-methyl/N-ethyl adjacent to an activating group) is 1. The minimum Gasteiger partial charge on any atom is -0.334 e. The Morgan fingerprint density at radius 3 is 2.68 bits per heavy atom. The highest BCUT2D eigenvalue weighted by atomic mass is 19.1. The predicted octanol–water partition coefficient (Wildman–Crippen LogP) is 2.71. The molecule has 0 radical (unpaired) electrons. The molecule has 0 saturated carbocycles. The van der Waals surface area contributed by atoms with Crippen molar-refractivity contribution in [2.45, 2.75) is 37.8 Å². The smallest absolute Gasteiger partial charge is 0.254 e. The predicted molar refractivity (Wildman–Crippen MR) is 93.2 cm³/mol. The molecule has 1 aromatic carbocycles. The van der Waals surface area contributed by atoms with Crippen molar-refractivity contribution in [3.63, 3.8) is 0 Å². The van der Waals surface area contributed by atoms with E-state index in [4.69, 9.17) is 0 Å². The fourth-order valence-corrected chi connectivity index (χ4v) is 4.27. The first-order chi connectivity index (χ1) is 12.1. The Labute approximate surface area is 147 Å². The van der Waals surface area contributed by atoms with Crippen LogP contribution in [-0.4, -0.2) is 57.7 Å². The molecule has 1 amide bonds. The number of hydrogen-bond donors (Lipinski definition) is 0. The lowest BCUT2D eigenvalue weighted by molar-refractivity contribution is 0.0664. The molecule has 2 aromatic rings. The number of amides is 1. The molecule has 0 aliphatic carbocycles. The lowest BCUT2D eigenvalue weighted by atomic mass is 10.0. The van der Waals surface area contributed by atoms with Crippen molar-refractivity contribution in [1.29, 1.82) is 0 Å². The summed E-state index contributed by atoms with van der Waals surface area (Å²) in [4.78, 5) is 17.3. The molecule has 1 aromatic heterocycles. The summed E-state index contributed by atoms with van der Waals surface area (Å²) in [5, 5.41) is 4.05. The van der Waals surface area contributed by atoms with Crippen LogP contribution >= 0.6 is 0 Å². The van der Waals surface area contributed by atoms with Crippen LogP contribution in [0, 0.1) is 5.82 Å². The van der Waals surface area contributed by atoms with E-state index in [1.54, 1.807) is 30.6 Å². The second-order valence-corrected chi connectivity index (χ2v) is 7.02. The van der Waals surface area contributed by atoms with Gasteiger partial charge in [0.1, 0.15) is 11.5 Å². The van der Waals surface area contributed by atoms with Gasteiger partial charge in [0.05, 0.1) is 0 Å². The van der Waals surface area contributed by atoms with Crippen molar-refractivity contribution in [3.05, 3.63) is 48.0 Å². The van der Waals surface area contributed by atoms with Gasteiger partial charge in [-0.15, -0.1) is 0 Å². The van der Waals surface area contributed by atoms with Gasteiger partial charge in [0.25, 0.3) is 5.91 Å². The quantitative estimate of drug-likeness (QED) is 0.861. The Kier molecular flexibility index (Phi) is 4.29. The number of aromatic nitrogens is 2. The molecule has 2 saturated heterocycles. The lowest BCUT2D eigenvalue weighted by Crippen LogP contribution is -2.47.